The molecule has 0 spiro atoms. The number of carbonyl (C=O) groups excluding carboxylic acids is 1. The monoisotopic (exact) mass is 373 g/mol. The van der Waals surface area contributed by atoms with Crippen molar-refractivity contribution < 1.29 is 13.9 Å². The molecule has 3 rings (SSSR count). The number of ether oxygens (including phenoxy) is 1. The Balaban J connectivity index is 1.69. The molecule has 1 amide bonds. The van der Waals surface area contributed by atoms with E-state index >= 15 is 0 Å². The summed E-state index contributed by atoms with van der Waals surface area (Å²) in [5.74, 6) is -0.217. The highest BCUT2D eigenvalue weighted by Gasteiger charge is 2.26. The summed E-state index contributed by atoms with van der Waals surface area (Å²) >= 11 is 0. The number of likely N-dealkylation sites (tertiary alicyclic amines) is 1. The molecule has 1 aromatic carbocycles. The van der Waals surface area contributed by atoms with Crippen molar-refractivity contribution in [1.82, 2.24) is 9.47 Å². The van der Waals surface area contributed by atoms with Gasteiger partial charge < -0.3 is 19.9 Å². The molecule has 2 N–H and O–H groups in total. The van der Waals surface area contributed by atoms with Gasteiger partial charge in [0.15, 0.2) is 0 Å². The molecule has 5 nitrogen and oxygen atoms in total. The van der Waals surface area contributed by atoms with Gasteiger partial charge in [0.1, 0.15) is 5.82 Å². The number of halogens is 1. The predicted molar refractivity (Wildman–Crippen MR) is 104 cm³/mol. The molecule has 6 heteroatoms. The maximum atomic E-state index is 13.2. The van der Waals surface area contributed by atoms with Crippen LogP contribution in [-0.4, -0.2) is 47.7 Å². The first-order valence-corrected chi connectivity index (χ1v) is 9.57. The van der Waals surface area contributed by atoms with Crippen molar-refractivity contribution >= 4 is 5.91 Å². The third-order valence-corrected chi connectivity index (χ3v) is 5.18. The fourth-order valence-electron chi connectivity index (χ4n) is 3.70. The van der Waals surface area contributed by atoms with Crippen molar-refractivity contribution in [2.75, 3.05) is 26.2 Å². The normalized spacial score (nSPS) is 15.3. The minimum Gasteiger partial charge on any atom is -0.378 e. The zero-order valence-corrected chi connectivity index (χ0v) is 16.1. The van der Waals surface area contributed by atoms with Gasteiger partial charge in [0.25, 0.3) is 5.91 Å². The van der Waals surface area contributed by atoms with Crippen LogP contribution in [-0.2, 0) is 4.74 Å². The molecule has 0 radical (unpaired) electrons. The van der Waals surface area contributed by atoms with Crippen LogP contribution in [0.25, 0.3) is 5.69 Å². The minimum atomic E-state index is -0.269. The SMILES string of the molecule is Cc1cc(C(=O)N2CCC(OCCCN)CC2)c(C)n1-c1ccc(F)cc1. The number of carbonyl (C=O) groups is 1. The number of rotatable bonds is 6. The molecular formula is C21H28FN3O2. The quantitative estimate of drug-likeness (QED) is 0.791. The lowest BCUT2D eigenvalue weighted by molar-refractivity contribution is 0.00843. The van der Waals surface area contributed by atoms with Gasteiger partial charge in [0.2, 0.25) is 0 Å². The number of nitrogens with two attached hydrogens (primary N) is 1. The van der Waals surface area contributed by atoms with Gasteiger partial charge in [-0.15, -0.1) is 0 Å². The van der Waals surface area contributed by atoms with Crippen LogP contribution in [0.5, 0.6) is 0 Å². The lowest BCUT2D eigenvalue weighted by Gasteiger charge is -2.32. The second kappa shape index (κ2) is 8.67. The number of amides is 1. The van der Waals surface area contributed by atoms with Crippen molar-refractivity contribution in [2.45, 2.75) is 39.2 Å². The first-order valence-electron chi connectivity index (χ1n) is 9.57. The van der Waals surface area contributed by atoms with Crippen LogP contribution in [0.3, 0.4) is 0 Å². The van der Waals surface area contributed by atoms with E-state index in [4.69, 9.17) is 10.5 Å². The molecule has 0 aliphatic carbocycles. The number of nitrogens with zero attached hydrogens (tertiary/aromatic N) is 2. The number of piperidine rings is 1. The average molecular weight is 373 g/mol. The van der Waals surface area contributed by atoms with Crippen molar-refractivity contribution in [3.8, 4) is 5.69 Å². The molecule has 0 unspecified atom stereocenters. The topological polar surface area (TPSA) is 60.5 Å². The van der Waals surface area contributed by atoms with Gasteiger partial charge in [-0.3, -0.25) is 4.79 Å². The van der Waals surface area contributed by atoms with Gasteiger partial charge in [-0.05, 0) is 70.0 Å². The summed E-state index contributed by atoms with van der Waals surface area (Å²) in [4.78, 5) is 14.9. The lowest BCUT2D eigenvalue weighted by atomic mass is 10.1. The fourth-order valence-corrected chi connectivity index (χ4v) is 3.70. The summed E-state index contributed by atoms with van der Waals surface area (Å²) in [5.41, 5.74) is 8.90. The van der Waals surface area contributed by atoms with Crippen LogP contribution < -0.4 is 5.73 Å². The number of benzene rings is 1. The van der Waals surface area contributed by atoms with Gasteiger partial charge in [-0.25, -0.2) is 4.39 Å². The summed E-state index contributed by atoms with van der Waals surface area (Å²) in [5, 5.41) is 0. The Morgan fingerprint density at radius 3 is 2.52 bits per heavy atom. The molecule has 0 saturated carbocycles. The van der Waals surface area contributed by atoms with Gasteiger partial charge in [-0.2, -0.15) is 0 Å². The predicted octanol–water partition coefficient (Wildman–Crippen LogP) is 3.20. The third kappa shape index (κ3) is 4.39. The van der Waals surface area contributed by atoms with Crippen LogP contribution in [0, 0.1) is 19.7 Å². The van der Waals surface area contributed by atoms with Gasteiger partial charge >= 0.3 is 0 Å². The van der Waals surface area contributed by atoms with Crippen molar-refractivity contribution in [2.24, 2.45) is 5.73 Å². The maximum Gasteiger partial charge on any atom is 0.255 e. The van der Waals surface area contributed by atoms with E-state index in [9.17, 15) is 9.18 Å². The van der Waals surface area contributed by atoms with E-state index < -0.39 is 0 Å². The Bertz CT molecular complexity index is 777. The molecule has 146 valence electrons. The van der Waals surface area contributed by atoms with Crippen molar-refractivity contribution in [3.63, 3.8) is 0 Å². The highest BCUT2D eigenvalue weighted by molar-refractivity contribution is 5.96. The van der Waals surface area contributed by atoms with Gasteiger partial charge in [0.05, 0.1) is 11.7 Å². The van der Waals surface area contributed by atoms with E-state index in [1.54, 1.807) is 12.1 Å². The molecule has 1 aromatic heterocycles. The lowest BCUT2D eigenvalue weighted by Crippen LogP contribution is -2.41. The smallest absolute Gasteiger partial charge is 0.255 e. The van der Waals surface area contributed by atoms with E-state index in [2.05, 4.69) is 0 Å². The molecular weight excluding hydrogens is 345 g/mol. The van der Waals surface area contributed by atoms with E-state index in [1.165, 1.54) is 12.1 Å². The van der Waals surface area contributed by atoms with Crippen LogP contribution >= 0.6 is 0 Å². The highest BCUT2D eigenvalue weighted by atomic mass is 19.1. The number of hydrogen-bond acceptors (Lipinski definition) is 3. The van der Waals surface area contributed by atoms with Crippen molar-refractivity contribution in [3.05, 3.63) is 53.1 Å². The third-order valence-electron chi connectivity index (χ3n) is 5.18. The van der Waals surface area contributed by atoms with E-state index in [0.29, 0.717) is 31.8 Å². The standard InChI is InChI=1S/C21H28FN3O2/c1-15-14-20(16(2)25(15)18-6-4-17(22)5-7-18)21(26)24-11-8-19(9-12-24)27-13-3-10-23/h4-7,14,19H,3,8-13,23H2,1-2H3. The molecule has 2 aromatic rings. The number of aryl methyl sites for hydroxylation is 1. The first kappa shape index (κ1) is 19.6. The average Bonchev–Trinajstić information content (AvgIpc) is 2.97. The number of aromatic nitrogens is 1. The van der Waals surface area contributed by atoms with E-state index in [0.717, 1.165) is 36.3 Å². The Hall–Kier alpha value is -2.18. The molecule has 1 aliphatic heterocycles. The Labute approximate surface area is 159 Å². The van der Waals surface area contributed by atoms with Crippen LogP contribution in [0.4, 0.5) is 4.39 Å². The van der Waals surface area contributed by atoms with Gasteiger partial charge in [0, 0.05) is 36.8 Å². The Kier molecular flexibility index (Phi) is 6.29. The molecule has 0 bridgehead atoms. The minimum absolute atomic E-state index is 0.0527. The summed E-state index contributed by atoms with van der Waals surface area (Å²) in [6, 6.07) is 8.25. The molecule has 0 atom stereocenters. The molecule has 2 heterocycles. The van der Waals surface area contributed by atoms with Crippen LogP contribution in [0.1, 0.15) is 41.0 Å². The maximum absolute atomic E-state index is 13.2. The van der Waals surface area contributed by atoms with E-state index in [1.807, 2.05) is 29.4 Å². The summed E-state index contributed by atoms with van der Waals surface area (Å²) in [6.45, 7) is 6.63. The summed E-state index contributed by atoms with van der Waals surface area (Å²) < 4.78 is 21.0. The zero-order valence-electron chi connectivity index (χ0n) is 16.1. The number of hydrogen-bond donors (Lipinski definition) is 1. The molecule has 27 heavy (non-hydrogen) atoms. The fraction of sp³-hybridized carbons (Fsp3) is 0.476. The van der Waals surface area contributed by atoms with Crippen LogP contribution in [0.15, 0.2) is 30.3 Å². The van der Waals surface area contributed by atoms with E-state index in [-0.39, 0.29) is 17.8 Å². The van der Waals surface area contributed by atoms with Crippen molar-refractivity contribution in [1.29, 1.82) is 0 Å². The molecule has 1 saturated heterocycles. The Morgan fingerprint density at radius 1 is 1.22 bits per heavy atom. The largest absolute Gasteiger partial charge is 0.378 e. The second-order valence-corrected chi connectivity index (χ2v) is 7.10. The second-order valence-electron chi connectivity index (χ2n) is 7.10. The molecule has 1 aliphatic rings. The summed E-state index contributed by atoms with van der Waals surface area (Å²) in [6.07, 6.45) is 2.79. The Morgan fingerprint density at radius 2 is 1.89 bits per heavy atom. The first-order chi connectivity index (χ1) is 13.0. The van der Waals surface area contributed by atoms with Gasteiger partial charge in [-0.1, -0.05) is 0 Å². The summed E-state index contributed by atoms with van der Waals surface area (Å²) in [7, 11) is 0. The zero-order chi connectivity index (χ0) is 19.4. The highest BCUT2D eigenvalue weighted by Crippen LogP contribution is 2.24. The molecule has 1 fully saturated rings. The van der Waals surface area contributed by atoms with Crippen LogP contribution in [0.2, 0.25) is 0 Å².